The van der Waals surface area contributed by atoms with Crippen molar-refractivity contribution in [3.05, 3.63) is 84.9 Å². The molecule has 1 heterocycles. The third-order valence-corrected chi connectivity index (χ3v) is 6.81. The number of benzene rings is 4. The van der Waals surface area contributed by atoms with E-state index < -0.39 is 7.60 Å². The van der Waals surface area contributed by atoms with Crippen LogP contribution >= 0.6 is 7.60 Å². The van der Waals surface area contributed by atoms with Crippen LogP contribution < -0.4 is 14.8 Å². The number of aromatic nitrogens is 1. The molecule has 6 nitrogen and oxygen atoms in total. The molecule has 0 aliphatic rings. The highest BCUT2D eigenvalue weighted by Crippen LogP contribution is 2.37. The van der Waals surface area contributed by atoms with Crippen molar-refractivity contribution in [2.75, 3.05) is 14.2 Å². The van der Waals surface area contributed by atoms with Crippen LogP contribution in [0.3, 0.4) is 0 Å². The second-order valence-corrected chi connectivity index (χ2v) is 9.34. The first kappa shape index (κ1) is 21.3. The summed E-state index contributed by atoms with van der Waals surface area (Å²) in [6.07, 6.45) is 0. The average Bonchev–Trinajstić information content (AvgIpc) is 3.16. The maximum absolute atomic E-state index is 11.4. The molecule has 166 valence electrons. The Labute approximate surface area is 190 Å². The van der Waals surface area contributed by atoms with E-state index in [0.717, 1.165) is 50.1 Å². The van der Waals surface area contributed by atoms with E-state index >= 15 is 0 Å². The monoisotopic (exact) mass is 459 g/mol. The zero-order valence-electron chi connectivity index (χ0n) is 18.1. The molecule has 5 aromatic rings. The SMILES string of the molecule is COc1ccc2c(c1)c1cc(OC)ccc1n2-c1ccc(-c2ccc(P(=O)(O)O)cc2)cc1. The fourth-order valence-electron chi connectivity index (χ4n) is 4.16. The second kappa shape index (κ2) is 8.09. The fourth-order valence-corrected chi connectivity index (χ4v) is 4.70. The van der Waals surface area contributed by atoms with E-state index in [1.54, 1.807) is 26.4 Å². The van der Waals surface area contributed by atoms with Gasteiger partial charge in [-0.2, -0.15) is 0 Å². The zero-order valence-corrected chi connectivity index (χ0v) is 19.0. The van der Waals surface area contributed by atoms with Crippen molar-refractivity contribution in [2.24, 2.45) is 0 Å². The van der Waals surface area contributed by atoms with Crippen LogP contribution in [0.5, 0.6) is 11.5 Å². The first-order valence-corrected chi connectivity index (χ1v) is 11.9. The van der Waals surface area contributed by atoms with E-state index in [4.69, 9.17) is 9.47 Å². The van der Waals surface area contributed by atoms with Crippen molar-refractivity contribution < 1.29 is 23.8 Å². The molecule has 0 radical (unpaired) electrons. The summed E-state index contributed by atoms with van der Waals surface area (Å²) in [5.74, 6) is 1.58. The van der Waals surface area contributed by atoms with E-state index in [1.807, 2.05) is 48.5 Å². The van der Waals surface area contributed by atoms with E-state index in [2.05, 4.69) is 16.7 Å². The molecule has 1 aromatic heterocycles. The molecule has 0 spiro atoms. The number of hydrogen-bond acceptors (Lipinski definition) is 3. The Morgan fingerprint density at radius 1 is 0.667 bits per heavy atom. The minimum Gasteiger partial charge on any atom is -0.497 e. The van der Waals surface area contributed by atoms with Gasteiger partial charge in [0.1, 0.15) is 11.5 Å². The van der Waals surface area contributed by atoms with E-state index in [1.165, 1.54) is 12.1 Å². The third kappa shape index (κ3) is 3.79. The predicted molar refractivity (Wildman–Crippen MR) is 131 cm³/mol. The highest BCUT2D eigenvalue weighted by molar-refractivity contribution is 7.60. The van der Waals surface area contributed by atoms with Gasteiger partial charge in [0.2, 0.25) is 0 Å². The summed E-state index contributed by atoms with van der Waals surface area (Å²) in [6.45, 7) is 0. The van der Waals surface area contributed by atoms with Gasteiger partial charge in [0.15, 0.2) is 0 Å². The number of methoxy groups -OCH3 is 2. The summed E-state index contributed by atoms with van der Waals surface area (Å²) in [5, 5.41) is 2.15. The first-order chi connectivity index (χ1) is 15.9. The van der Waals surface area contributed by atoms with Gasteiger partial charge < -0.3 is 23.8 Å². The Hall–Kier alpha value is -3.57. The van der Waals surface area contributed by atoms with Crippen LogP contribution in [-0.2, 0) is 4.57 Å². The minimum atomic E-state index is -4.25. The summed E-state index contributed by atoms with van der Waals surface area (Å²) in [4.78, 5) is 18.6. The standard InChI is InChI=1S/C26H22NO5P/c1-31-20-9-13-25-23(15-20)24-16-21(32-2)10-14-26(24)27(25)19-7-3-17(4-8-19)18-5-11-22(12-6-18)33(28,29)30/h3-16H,1-2H3,(H2,28,29,30). The van der Waals surface area contributed by atoms with Crippen LogP contribution in [0, 0.1) is 0 Å². The lowest BCUT2D eigenvalue weighted by atomic mass is 10.1. The van der Waals surface area contributed by atoms with Gasteiger partial charge in [-0.25, -0.2) is 0 Å². The van der Waals surface area contributed by atoms with Gasteiger partial charge in [0.05, 0.1) is 30.6 Å². The van der Waals surface area contributed by atoms with Crippen molar-refractivity contribution in [3.8, 4) is 28.3 Å². The third-order valence-electron chi connectivity index (χ3n) is 5.84. The summed E-state index contributed by atoms with van der Waals surface area (Å²) < 4.78 is 24.5. The van der Waals surface area contributed by atoms with Crippen molar-refractivity contribution in [3.63, 3.8) is 0 Å². The zero-order chi connectivity index (χ0) is 23.2. The number of rotatable bonds is 5. The van der Waals surface area contributed by atoms with Gasteiger partial charge in [-0.15, -0.1) is 0 Å². The van der Waals surface area contributed by atoms with Crippen LogP contribution in [0.25, 0.3) is 38.6 Å². The molecule has 0 saturated carbocycles. The Morgan fingerprint density at radius 2 is 1.12 bits per heavy atom. The van der Waals surface area contributed by atoms with Crippen molar-refractivity contribution >= 4 is 34.7 Å². The van der Waals surface area contributed by atoms with Crippen LogP contribution in [0.2, 0.25) is 0 Å². The summed E-state index contributed by atoms with van der Waals surface area (Å²) in [5.41, 5.74) is 4.95. The molecular weight excluding hydrogens is 437 g/mol. The number of nitrogens with zero attached hydrogens (tertiary/aromatic N) is 1. The summed E-state index contributed by atoms with van der Waals surface area (Å²) in [7, 11) is -0.933. The molecule has 0 amide bonds. The van der Waals surface area contributed by atoms with Crippen LogP contribution in [0.15, 0.2) is 84.9 Å². The Morgan fingerprint density at radius 3 is 1.55 bits per heavy atom. The Bertz CT molecular complexity index is 1450. The molecule has 5 rings (SSSR count). The van der Waals surface area contributed by atoms with Gasteiger partial charge in [0.25, 0.3) is 0 Å². The molecule has 33 heavy (non-hydrogen) atoms. The maximum atomic E-state index is 11.4. The summed E-state index contributed by atoms with van der Waals surface area (Å²) >= 11 is 0. The van der Waals surface area contributed by atoms with Gasteiger partial charge in [-0.05, 0) is 71.8 Å². The van der Waals surface area contributed by atoms with Crippen molar-refractivity contribution in [1.29, 1.82) is 0 Å². The maximum Gasteiger partial charge on any atom is 0.356 e. The average molecular weight is 459 g/mol. The van der Waals surface area contributed by atoms with E-state index in [9.17, 15) is 14.4 Å². The molecule has 2 N–H and O–H groups in total. The quantitative estimate of drug-likeness (QED) is 0.350. The Balaban J connectivity index is 1.62. The molecule has 0 atom stereocenters. The van der Waals surface area contributed by atoms with Crippen LogP contribution in [0.4, 0.5) is 0 Å². The molecule has 0 unspecified atom stereocenters. The minimum absolute atomic E-state index is 0.0130. The van der Waals surface area contributed by atoms with Gasteiger partial charge in [-0.3, -0.25) is 4.57 Å². The van der Waals surface area contributed by atoms with E-state index in [-0.39, 0.29) is 5.30 Å². The molecule has 0 bridgehead atoms. The topological polar surface area (TPSA) is 80.9 Å². The van der Waals surface area contributed by atoms with Gasteiger partial charge in [-0.1, -0.05) is 24.3 Å². The summed E-state index contributed by atoms with van der Waals surface area (Å²) in [6, 6.07) is 26.6. The lowest BCUT2D eigenvalue weighted by Crippen LogP contribution is -2.02. The van der Waals surface area contributed by atoms with Crippen molar-refractivity contribution in [2.45, 2.75) is 0 Å². The molecule has 0 aliphatic heterocycles. The smallest absolute Gasteiger partial charge is 0.356 e. The molecule has 0 fully saturated rings. The van der Waals surface area contributed by atoms with Crippen molar-refractivity contribution in [1.82, 2.24) is 4.57 Å². The molecule has 7 heteroatoms. The normalized spacial score (nSPS) is 11.8. The van der Waals surface area contributed by atoms with Gasteiger partial charge in [0, 0.05) is 16.5 Å². The number of ether oxygens (including phenoxy) is 2. The molecular formula is C26H22NO5P. The molecule has 0 saturated heterocycles. The van der Waals surface area contributed by atoms with Crippen LogP contribution in [-0.4, -0.2) is 28.6 Å². The first-order valence-electron chi connectivity index (χ1n) is 10.3. The van der Waals surface area contributed by atoms with Crippen LogP contribution in [0.1, 0.15) is 0 Å². The second-order valence-electron chi connectivity index (χ2n) is 7.74. The lowest BCUT2D eigenvalue weighted by molar-refractivity contribution is 0.387. The lowest BCUT2D eigenvalue weighted by Gasteiger charge is -2.10. The molecule has 0 aliphatic carbocycles. The fraction of sp³-hybridized carbons (Fsp3) is 0.0769. The number of hydrogen-bond donors (Lipinski definition) is 2. The largest absolute Gasteiger partial charge is 0.497 e. The Kier molecular flexibility index (Phi) is 5.22. The number of fused-ring (bicyclic) bond motifs is 3. The highest BCUT2D eigenvalue weighted by atomic mass is 31.2. The molecule has 4 aromatic carbocycles. The van der Waals surface area contributed by atoms with E-state index in [0.29, 0.717) is 0 Å². The van der Waals surface area contributed by atoms with Gasteiger partial charge >= 0.3 is 7.60 Å². The highest BCUT2D eigenvalue weighted by Gasteiger charge is 2.17. The predicted octanol–water partition coefficient (Wildman–Crippen LogP) is 5.27.